The molecule has 2 aliphatic carbocycles. The Morgan fingerprint density at radius 3 is 2.83 bits per heavy atom. The van der Waals surface area contributed by atoms with Crippen molar-refractivity contribution in [2.75, 3.05) is 0 Å². The number of benzene rings is 1. The number of hydrogen-bond donors (Lipinski definition) is 1. The predicted octanol–water partition coefficient (Wildman–Crippen LogP) is 3.89. The van der Waals surface area contributed by atoms with Crippen LogP contribution in [0, 0.1) is 23.6 Å². The molecule has 1 aromatic carbocycles. The summed E-state index contributed by atoms with van der Waals surface area (Å²) in [6, 6.07) is 5.40. The van der Waals surface area contributed by atoms with Gasteiger partial charge in [-0.05, 0) is 71.0 Å². The number of halogens is 2. The molecule has 3 rings (SSSR count). The second-order valence-corrected chi connectivity index (χ2v) is 6.71. The van der Waals surface area contributed by atoms with Gasteiger partial charge in [-0.25, -0.2) is 4.39 Å². The molecule has 98 valence electrons. The van der Waals surface area contributed by atoms with Gasteiger partial charge in [0.15, 0.2) is 0 Å². The van der Waals surface area contributed by atoms with E-state index < -0.39 is 0 Å². The molecular weight excluding hydrogens is 293 g/mol. The molecule has 0 saturated heterocycles. The Labute approximate surface area is 116 Å². The van der Waals surface area contributed by atoms with Crippen molar-refractivity contribution in [1.82, 2.24) is 0 Å². The van der Waals surface area contributed by atoms with Crippen LogP contribution >= 0.6 is 15.9 Å². The van der Waals surface area contributed by atoms with Gasteiger partial charge in [0, 0.05) is 6.04 Å². The lowest BCUT2D eigenvalue weighted by Crippen LogP contribution is -2.35. The minimum Gasteiger partial charge on any atom is -0.327 e. The average molecular weight is 312 g/mol. The smallest absolute Gasteiger partial charge is 0.137 e. The van der Waals surface area contributed by atoms with E-state index in [-0.39, 0.29) is 11.9 Å². The SMILES string of the molecule is NC(Cc1cccc(F)c1Br)C1CC2CCC1C2. The van der Waals surface area contributed by atoms with Gasteiger partial charge in [0.1, 0.15) is 5.82 Å². The van der Waals surface area contributed by atoms with Crippen LogP contribution in [0.5, 0.6) is 0 Å². The number of rotatable bonds is 3. The molecule has 0 heterocycles. The van der Waals surface area contributed by atoms with E-state index in [1.807, 2.05) is 6.07 Å². The zero-order chi connectivity index (χ0) is 12.7. The van der Waals surface area contributed by atoms with Gasteiger partial charge in [-0.2, -0.15) is 0 Å². The Hall–Kier alpha value is -0.410. The van der Waals surface area contributed by atoms with Crippen LogP contribution in [0.3, 0.4) is 0 Å². The van der Waals surface area contributed by atoms with Gasteiger partial charge in [-0.1, -0.05) is 18.6 Å². The molecule has 1 aromatic rings. The van der Waals surface area contributed by atoms with E-state index in [0.717, 1.165) is 23.8 Å². The molecule has 2 N–H and O–H groups in total. The summed E-state index contributed by atoms with van der Waals surface area (Å²) in [6.07, 6.45) is 6.21. The van der Waals surface area contributed by atoms with E-state index in [9.17, 15) is 4.39 Å². The van der Waals surface area contributed by atoms with Crippen molar-refractivity contribution >= 4 is 15.9 Å². The molecule has 0 spiro atoms. The van der Waals surface area contributed by atoms with Gasteiger partial charge in [0.05, 0.1) is 4.47 Å². The average Bonchev–Trinajstić information content (AvgIpc) is 2.97. The lowest BCUT2D eigenvalue weighted by atomic mass is 9.81. The Morgan fingerprint density at radius 2 is 2.17 bits per heavy atom. The molecule has 0 amide bonds. The van der Waals surface area contributed by atoms with Crippen molar-refractivity contribution in [3.63, 3.8) is 0 Å². The van der Waals surface area contributed by atoms with Crippen LogP contribution in [0.15, 0.2) is 22.7 Å². The van der Waals surface area contributed by atoms with E-state index >= 15 is 0 Å². The fraction of sp³-hybridized carbons (Fsp3) is 0.600. The highest BCUT2D eigenvalue weighted by atomic mass is 79.9. The predicted molar refractivity (Wildman–Crippen MR) is 74.7 cm³/mol. The first kappa shape index (κ1) is 12.6. The summed E-state index contributed by atoms with van der Waals surface area (Å²) in [6.45, 7) is 0. The summed E-state index contributed by atoms with van der Waals surface area (Å²) in [5.41, 5.74) is 7.38. The Kier molecular flexibility index (Phi) is 3.46. The fourth-order valence-electron chi connectivity index (χ4n) is 3.93. The summed E-state index contributed by atoms with van der Waals surface area (Å²) in [5, 5.41) is 0. The maximum Gasteiger partial charge on any atom is 0.137 e. The van der Waals surface area contributed by atoms with Crippen LogP contribution in [0.4, 0.5) is 4.39 Å². The first-order valence-corrected chi connectivity index (χ1v) is 7.63. The summed E-state index contributed by atoms with van der Waals surface area (Å²) in [7, 11) is 0. The van der Waals surface area contributed by atoms with E-state index in [1.54, 1.807) is 6.07 Å². The zero-order valence-corrected chi connectivity index (χ0v) is 12.0. The van der Waals surface area contributed by atoms with Gasteiger partial charge in [-0.15, -0.1) is 0 Å². The van der Waals surface area contributed by atoms with Gasteiger partial charge in [0.25, 0.3) is 0 Å². The van der Waals surface area contributed by atoms with Crippen molar-refractivity contribution in [2.24, 2.45) is 23.5 Å². The Morgan fingerprint density at radius 1 is 1.33 bits per heavy atom. The van der Waals surface area contributed by atoms with Crippen molar-refractivity contribution < 1.29 is 4.39 Å². The molecule has 0 radical (unpaired) electrons. The topological polar surface area (TPSA) is 26.0 Å². The summed E-state index contributed by atoms with van der Waals surface area (Å²) in [4.78, 5) is 0. The lowest BCUT2D eigenvalue weighted by Gasteiger charge is -2.28. The zero-order valence-electron chi connectivity index (χ0n) is 10.4. The minimum absolute atomic E-state index is 0.179. The maximum atomic E-state index is 13.5. The standard InChI is InChI=1S/C15H19BrFN/c16-15-11(2-1-3-13(15)17)8-14(18)12-7-9-4-5-10(12)6-9/h1-3,9-10,12,14H,4-8,18H2. The highest BCUT2D eigenvalue weighted by Gasteiger charge is 2.41. The third-order valence-corrected chi connectivity index (χ3v) is 5.72. The Balaban J connectivity index is 1.71. The lowest BCUT2D eigenvalue weighted by molar-refractivity contribution is 0.280. The molecule has 4 atom stereocenters. The van der Waals surface area contributed by atoms with E-state index in [2.05, 4.69) is 15.9 Å². The molecule has 2 aliphatic rings. The Bertz CT molecular complexity index is 448. The largest absolute Gasteiger partial charge is 0.327 e. The second kappa shape index (κ2) is 4.93. The molecule has 3 heteroatoms. The van der Waals surface area contributed by atoms with Crippen LogP contribution < -0.4 is 5.73 Å². The van der Waals surface area contributed by atoms with E-state index in [1.165, 1.54) is 31.7 Å². The minimum atomic E-state index is -0.187. The third-order valence-electron chi connectivity index (χ3n) is 4.83. The van der Waals surface area contributed by atoms with Crippen LogP contribution in [0.1, 0.15) is 31.2 Å². The molecule has 2 bridgehead atoms. The molecule has 18 heavy (non-hydrogen) atoms. The second-order valence-electron chi connectivity index (χ2n) is 5.92. The van der Waals surface area contributed by atoms with Gasteiger partial charge in [0.2, 0.25) is 0 Å². The van der Waals surface area contributed by atoms with Gasteiger partial charge >= 0.3 is 0 Å². The summed E-state index contributed by atoms with van der Waals surface area (Å²) in [5.74, 6) is 2.21. The first-order chi connectivity index (χ1) is 8.65. The van der Waals surface area contributed by atoms with Crippen LogP contribution in [0.2, 0.25) is 0 Å². The molecule has 0 aromatic heterocycles. The van der Waals surface area contributed by atoms with Crippen LogP contribution in [0.25, 0.3) is 0 Å². The van der Waals surface area contributed by atoms with E-state index in [0.29, 0.717) is 10.4 Å². The molecule has 2 saturated carbocycles. The third kappa shape index (κ3) is 2.23. The number of fused-ring (bicyclic) bond motifs is 2. The maximum absolute atomic E-state index is 13.5. The van der Waals surface area contributed by atoms with Crippen molar-refractivity contribution in [3.05, 3.63) is 34.1 Å². The monoisotopic (exact) mass is 311 g/mol. The van der Waals surface area contributed by atoms with Crippen LogP contribution in [-0.2, 0) is 6.42 Å². The highest BCUT2D eigenvalue weighted by molar-refractivity contribution is 9.10. The van der Waals surface area contributed by atoms with E-state index in [4.69, 9.17) is 5.73 Å². The van der Waals surface area contributed by atoms with Crippen molar-refractivity contribution in [2.45, 2.75) is 38.1 Å². The molecule has 4 unspecified atom stereocenters. The first-order valence-electron chi connectivity index (χ1n) is 6.83. The van der Waals surface area contributed by atoms with Gasteiger partial charge < -0.3 is 5.73 Å². The normalized spacial score (nSPS) is 31.8. The molecular formula is C15H19BrFN. The number of hydrogen-bond acceptors (Lipinski definition) is 1. The molecule has 2 fully saturated rings. The number of nitrogens with two attached hydrogens (primary N) is 1. The highest BCUT2D eigenvalue weighted by Crippen LogP contribution is 2.49. The van der Waals surface area contributed by atoms with Gasteiger partial charge in [-0.3, -0.25) is 0 Å². The van der Waals surface area contributed by atoms with Crippen molar-refractivity contribution in [1.29, 1.82) is 0 Å². The molecule has 1 nitrogen and oxygen atoms in total. The molecule has 0 aliphatic heterocycles. The van der Waals surface area contributed by atoms with Crippen molar-refractivity contribution in [3.8, 4) is 0 Å². The fourth-order valence-corrected chi connectivity index (χ4v) is 4.36. The quantitative estimate of drug-likeness (QED) is 0.900. The van der Waals surface area contributed by atoms with Crippen LogP contribution in [-0.4, -0.2) is 6.04 Å². The summed E-state index contributed by atoms with van der Waals surface area (Å²) >= 11 is 3.33. The summed E-state index contributed by atoms with van der Waals surface area (Å²) < 4.78 is 14.1.